The summed E-state index contributed by atoms with van der Waals surface area (Å²) in [4.78, 5) is 26.2. The number of carbonyl (C=O) groups excluding carboxylic acids is 2. The van der Waals surface area contributed by atoms with Gasteiger partial charge in [-0.05, 0) is 42.7 Å². The molecule has 3 rings (SSSR count). The second-order valence-electron chi connectivity index (χ2n) is 7.17. The topological polar surface area (TPSA) is 55.8 Å². The highest BCUT2D eigenvalue weighted by Crippen LogP contribution is 2.33. The van der Waals surface area contributed by atoms with Gasteiger partial charge in [-0.3, -0.25) is 14.5 Å². The maximum absolute atomic E-state index is 12.8. The molecule has 0 unspecified atom stereocenters. The van der Waals surface area contributed by atoms with Crippen molar-refractivity contribution in [2.24, 2.45) is 0 Å². The third kappa shape index (κ3) is 6.82. The van der Waals surface area contributed by atoms with E-state index in [1.807, 2.05) is 54.6 Å². The van der Waals surface area contributed by atoms with Gasteiger partial charge < -0.3 is 9.47 Å². The molecule has 8 heteroatoms. The molecule has 2 aromatic carbocycles. The van der Waals surface area contributed by atoms with Crippen LogP contribution in [-0.4, -0.2) is 34.8 Å². The van der Waals surface area contributed by atoms with Crippen molar-refractivity contribution >= 4 is 57.9 Å². The number of amides is 1. The normalized spacial score (nSPS) is 14.8. The summed E-state index contributed by atoms with van der Waals surface area (Å²) >= 11 is 12.9. The average Bonchev–Trinajstić information content (AvgIpc) is 3.05. The molecule has 0 N–H and O–H groups in total. The van der Waals surface area contributed by atoms with E-state index in [0.717, 1.165) is 30.4 Å². The molecule has 32 heavy (non-hydrogen) atoms. The SMILES string of the molecule is COC(=O)CCCCCN1C(=O)/C(=C\c2cccc(OCc3ccccc3Cl)c2)SC1=S. The molecule has 5 nitrogen and oxygen atoms in total. The Morgan fingerprint density at radius 2 is 1.97 bits per heavy atom. The Labute approximate surface area is 202 Å². The summed E-state index contributed by atoms with van der Waals surface area (Å²) in [5, 5.41) is 0.664. The van der Waals surface area contributed by atoms with Gasteiger partial charge in [-0.2, -0.15) is 0 Å². The first-order valence-corrected chi connectivity index (χ1v) is 11.9. The van der Waals surface area contributed by atoms with Crippen molar-refractivity contribution in [1.29, 1.82) is 0 Å². The zero-order chi connectivity index (χ0) is 22.9. The Kier molecular flexibility index (Phi) is 9.14. The van der Waals surface area contributed by atoms with Crippen LogP contribution in [0.3, 0.4) is 0 Å². The van der Waals surface area contributed by atoms with E-state index in [2.05, 4.69) is 4.74 Å². The van der Waals surface area contributed by atoms with E-state index in [1.165, 1.54) is 18.9 Å². The lowest BCUT2D eigenvalue weighted by molar-refractivity contribution is -0.140. The van der Waals surface area contributed by atoms with Crippen molar-refractivity contribution in [2.75, 3.05) is 13.7 Å². The first kappa shape index (κ1) is 24.3. The summed E-state index contributed by atoms with van der Waals surface area (Å²) in [5.74, 6) is 0.395. The van der Waals surface area contributed by atoms with Crippen molar-refractivity contribution in [3.8, 4) is 5.75 Å². The van der Waals surface area contributed by atoms with E-state index < -0.39 is 0 Å². The van der Waals surface area contributed by atoms with Gasteiger partial charge in [0.2, 0.25) is 0 Å². The Balaban J connectivity index is 1.56. The summed E-state index contributed by atoms with van der Waals surface area (Å²) in [6.07, 6.45) is 4.57. The van der Waals surface area contributed by atoms with Crippen LogP contribution in [-0.2, 0) is 20.9 Å². The lowest BCUT2D eigenvalue weighted by Crippen LogP contribution is -2.29. The summed E-state index contributed by atoms with van der Waals surface area (Å²) < 4.78 is 11.1. The maximum atomic E-state index is 12.8. The number of esters is 1. The Bertz CT molecular complexity index is 1020. The number of hydrogen-bond donors (Lipinski definition) is 0. The number of thiocarbonyl (C=S) groups is 1. The first-order valence-electron chi connectivity index (χ1n) is 10.3. The number of benzene rings is 2. The molecule has 1 saturated heterocycles. The van der Waals surface area contributed by atoms with Gasteiger partial charge in [-0.15, -0.1) is 0 Å². The van der Waals surface area contributed by atoms with Gasteiger partial charge in [0.15, 0.2) is 0 Å². The van der Waals surface area contributed by atoms with Gasteiger partial charge in [0.1, 0.15) is 16.7 Å². The highest BCUT2D eigenvalue weighted by molar-refractivity contribution is 8.26. The molecule has 168 valence electrons. The standard InChI is InChI=1S/C24H24ClNO4S2/c1-29-22(27)12-3-2-6-13-26-23(28)21(32-24(26)31)15-17-8-7-10-19(14-17)30-16-18-9-4-5-11-20(18)25/h4-5,7-11,14-15H,2-3,6,12-13,16H2,1H3/b21-15+. The van der Waals surface area contributed by atoms with Crippen LogP contribution in [0.1, 0.15) is 36.8 Å². The number of hydrogen-bond acceptors (Lipinski definition) is 6. The molecule has 0 atom stereocenters. The van der Waals surface area contributed by atoms with Crippen LogP contribution in [0, 0.1) is 0 Å². The Morgan fingerprint density at radius 1 is 1.16 bits per heavy atom. The summed E-state index contributed by atoms with van der Waals surface area (Å²) in [7, 11) is 1.38. The molecule has 1 fully saturated rings. The Morgan fingerprint density at radius 3 is 2.75 bits per heavy atom. The number of unbranched alkanes of at least 4 members (excludes halogenated alkanes) is 2. The molecule has 0 aromatic heterocycles. The molecule has 0 bridgehead atoms. The molecule has 1 amide bonds. The number of thioether (sulfide) groups is 1. The third-order valence-corrected chi connectivity index (χ3v) is 6.62. The van der Waals surface area contributed by atoms with Gasteiger partial charge in [-0.25, -0.2) is 0 Å². The van der Waals surface area contributed by atoms with Crippen LogP contribution in [0.25, 0.3) is 6.08 Å². The van der Waals surface area contributed by atoms with Crippen molar-refractivity contribution in [2.45, 2.75) is 32.3 Å². The molecule has 2 aromatic rings. The molecule has 1 aliphatic heterocycles. The molecule has 0 spiro atoms. The minimum Gasteiger partial charge on any atom is -0.489 e. The lowest BCUT2D eigenvalue weighted by Gasteiger charge is -2.13. The molecule has 1 aliphatic rings. The minimum absolute atomic E-state index is 0.0876. The van der Waals surface area contributed by atoms with Crippen LogP contribution in [0.2, 0.25) is 5.02 Å². The predicted octanol–water partition coefficient (Wildman–Crippen LogP) is 5.85. The number of carbonyl (C=O) groups is 2. The van der Waals surface area contributed by atoms with E-state index in [0.29, 0.717) is 39.6 Å². The van der Waals surface area contributed by atoms with E-state index in [9.17, 15) is 9.59 Å². The number of methoxy groups -OCH3 is 1. The van der Waals surface area contributed by atoms with Gasteiger partial charge in [0.05, 0.1) is 12.0 Å². The molecule has 0 saturated carbocycles. The van der Waals surface area contributed by atoms with E-state index in [1.54, 1.807) is 4.90 Å². The fourth-order valence-corrected chi connectivity index (χ4v) is 4.63. The Hall–Kier alpha value is -2.35. The average molecular weight is 490 g/mol. The molecule has 1 heterocycles. The first-order chi connectivity index (χ1) is 15.5. The fraction of sp³-hybridized carbons (Fsp3) is 0.292. The van der Waals surface area contributed by atoms with Gasteiger partial charge in [-0.1, -0.05) is 72.3 Å². The predicted molar refractivity (Wildman–Crippen MR) is 133 cm³/mol. The molecular weight excluding hydrogens is 466 g/mol. The highest BCUT2D eigenvalue weighted by atomic mass is 35.5. The van der Waals surface area contributed by atoms with Crippen molar-refractivity contribution in [3.63, 3.8) is 0 Å². The quantitative estimate of drug-likeness (QED) is 0.180. The molecule has 0 aliphatic carbocycles. The van der Waals surface area contributed by atoms with Crippen molar-refractivity contribution < 1.29 is 19.1 Å². The van der Waals surface area contributed by atoms with E-state index in [4.69, 9.17) is 28.6 Å². The van der Waals surface area contributed by atoms with Crippen LogP contribution < -0.4 is 4.74 Å². The fourth-order valence-electron chi connectivity index (χ4n) is 3.13. The number of ether oxygens (including phenoxy) is 2. The smallest absolute Gasteiger partial charge is 0.305 e. The summed E-state index contributed by atoms with van der Waals surface area (Å²) in [6.45, 7) is 0.908. The molecular formula is C24H24ClNO4S2. The van der Waals surface area contributed by atoms with Crippen LogP contribution in [0.5, 0.6) is 5.75 Å². The van der Waals surface area contributed by atoms with E-state index in [-0.39, 0.29) is 11.9 Å². The van der Waals surface area contributed by atoms with Crippen molar-refractivity contribution in [3.05, 3.63) is 69.6 Å². The second-order valence-corrected chi connectivity index (χ2v) is 9.26. The third-order valence-electron chi connectivity index (χ3n) is 4.87. The minimum atomic E-state index is -0.211. The maximum Gasteiger partial charge on any atom is 0.305 e. The van der Waals surface area contributed by atoms with Gasteiger partial charge in [0, 0.05) is 23.6 Å². The summed E-state index contributed by atoms with van der Waals surface area (Å²) in [5.41, 5.74) is 1.77. The number of halogens is 1. The number of rotatable bonds is 10. The van der Waals surface area contributed by atoms with Crippen molar-refractivity contribution in [1.82, 2.24) is 4.90 Å². The lowest BCUT2D eigenvalue weighted by atomic mass is 10.2. The van der Waals surface area contributed by atoms with Crippen LogP contribution in [0.15, 0.2) is 53.4 Å². The largest absolute Gasteiger partial charge is 0.489 e. The van der Waals surface area contributed by atoms with Gasteiger partial charge >= 0.3 is 5.97 Å². The number of nitrogens with zero attached hydrogens (tertiary/aromatic N) is 1. The molecule has 0 radical (unpaired) electrons. The van der Waals surface area contributed by atoms with Gasteiger partial charge in [0.25, 0.3) is 5.91 Å². The summed E-state index contributed by atoms with van der Waals surface area (Å²) in [6, 6.07) is 15.1. The zero-order valence-corrected chi connectivity index (χ0v) is 20.1. The van der Waals surface area contributed by atoms with Crippen LogP contribution >= 0.6 is 35.6 Å². The van der Waals surface area contributed by atoms with E-state index >= 15 is 0 Å². The van der Waals surface area contributed by atoms with Crippen LogP contribution in [0.4, 0.5) is 0 Å². The second kappa shape index (κ2) is 12.0. The zero-order valence-electron chi connectivity index (χ0n) is 17.7. The highest BCUT2D eigenvalue weighted by Gasteiger charge is 2.31. The monoisotopic (exact) mass is 489 g/mol.